The molecule has 0 bridgehead atoms. The summed E-state index contributed by atoms with van der Waals surface area (Å²) in [6.07, 6.45) is -3.11. The first kappa shape index (κ1) is 20.4. The Morgan fingerprint density at radius 3 is 2.73 bits per heavy atom. The summed E-state index contributed by atoms with van der Waals surface area (Å²) < 4.78 is 47.5. The van der Waals surface area contributed by atoms with Crippen molar-refractivity contribution in [3.05, 3.63) is 30.0 Å². The molecule has 0 amide bonds. The van der Waals surface area contributed by atoms with Gasteiger partial charge < -0.3 is 15.8 Å². The number of nitrogen functional groups attached to an aromatic ring is 1. The van der Waals surface area contributed by atoms with E-state index >= 15 is 0 Å². The van der Waals surface area contributed by atoms with Crippen molar-refractivity contribution in [2.75, 3.05) is 50.4 Å². The van der Waals surface area contributed by atoms with Gasteiger partial charge >= 0.3 is 6.18 Å². The SMILES string of the molecule is Cn1nc(-c2cccc(N)c2C(F)(F)F)c2cnc(NCCN3CCOCC3)nc21. The highest BCUT2D eigenvalue weighted by Crippen LogP contribution is 2.41. The highest BCUT2D eigenvalue weighted by atomic mass is 19.4. The smallest absolute Gasteiger partial charge is 0.398 e. The molecule has 8 nitrogen and oxygen atoms in total. The number of aryl methyl sites for hydroxylation is 1. The lowest BCUT2D eigenvalue weighted by molar-refractivity contribution is -0.136. The van der Waals surface area contributed by atoms with E-state index in [1.54, 1.807) is 7.05 Å². The third-order valence-electron chi connectivity index (χ3n) is 5.03. The van der Waals surface area contributed by atoms with Crippen LogP contribution in [0.5, 0.6) is 0 Å². The lowest BCUT2D eigenvalue weighted by Crippen LogP contribution is -2.39. The van der Waals surface area contributed by atoms with Gasteiger partial charge in [0, 0.05) is 50.7 Å². The van der Waals surface area contributed by atoms with Crippen molar-refractivity contribution in [2.45, 2.75) is 6.18 Å². The number of nitrogens with two attached hydrogens (primary N) is 1. The van der Waals surface area contributed by atoms with E-state index < -0.39 is 11.7 Å². The van der Waals surface area contributed by atoms with Gasteiger partial charge in [0.2, 0.25) is 5.95 Å². The molecule has 30 heavy (non-hydrogen) atoms. The molecule has 1 aliphatic rings. The quantitative estimate of drug-likeness (QED) is 0.611. The number of nitrogens with one attached hydrogen (secondary N) is 1. The van der Waals surface area contributed by atoms with Crippen LogP contribution in [0.1, 0.15) is 5.56 Å². The Morgan fingerprint density at radius 2 is 2.00 bits per heavy atom. The Balaban J connectivity index is 1.61. The van der Waals surface area contributed by atoms with Crippen molar-refractivity contribution in [1.82, 2.24) is 24.6 Å². The number of benzene rings is 1. The number of aromatic nitrogens is 4. The third kappa shape index (κ3) is 4.03. The van der Waals surface area contributed by atoms with E-state index in [1.807, 2.05) is 0 Å². The summed E-state index contributed by atoms with van der Waals surface area (Å²) in [5, 5.41) is 7.86. The number of anilines is 2. The van der Waals surface area contributed by atoms with Gasteiger partial charge in [-0.25, -0.2) is 9.67 Å². The van der Waals surface area contributed by atoms with Gasteiger partial charge in [-0.1, -0.05) is 12.1 Å². The van der Waals surface area contributed by atoms with Crippen LogP contribution in [0.4, 0.5) is 24.8 Å². The van der Waals surface area contributed by atoms with E-state index in [0.29, 0.717) is 23.5 Å². The number of halogens is 3. The Hall–Kier alpha value is -2.92. The monoisotopic (exact) mass is 421 g/mol. The Kier molecular flexibility index (Phi) is 5.48. The second-order valence-electron chi connectivity index (χ2n) is 7.05. The van der Waals surface area contributed by atoms with E-state index in [0.717, 1.165) is 32.8 Å². The summed E-state index contributed by atoms with van der Waals surface area (Å²) in [6, 6.07) is 4.06. The van der Waals surface area contributed by atoms with Crippen molar-refractivity contribution >= 4 is 22.7 Å². The van der Waals surface area contributed by atoms with Crippen molar-refractivity contribution in [3.8, 4) is 11.3 Å². The number of fused-ring (bicyclic) bond motifs is 1. The standard InChI is InChI=1S/C19H22F3N7O/c1-28-17-13(11-25-18(26-17)24-5-6-29-7-9-30-10-8-29)16(27-28)12-3-2-4-14(23)15(12)19(20,21)22/h2-4,11H,5-10,23H2,1H3,(H,24,25,26). The van der Waals surface area contributed by atoms with Crippen LogP contribution in [0.25, 0.3) is 22.3 Å². The first-order chi connectivity index (χ1) is 14.3. The van der Waals surface area contributed by atoms with Crippen LogP contribution in [0.2, 0.25) is 0 Å². The van der Waals surface area contributed by atoms with Gasteiger partial charge in [-0.2, -0.15) is 23.3 Å². The second kappa shape index (κ2) is 8.07. The number of morpholine rings is 1. The molecule has 0 aliphatic carbocycles. The summed E-state index contributed by atoms with van der Waals surface area (Å²) in [7, 11) is 1.63. The molecule has 3 N–H and O–H groups in total. The molecule has 3 heterocycles. The minimum Gasteiger partial charge on any atom is -0.398 e. The van der Waals surface area contributed by atoms with E-state index in [1.165, 1.54) is 29.1 Å². The van der Waals surface area contributed by atoms with Crippen LogP contribution < -0.4 is 11.1 Å². The topological polar surface area (TPSA) is 94.1 Å². The maximum Gasteiger partial charge on any atom is 0.419 e. The molecule has 160 valence electrons. The van der Waals surface area contributed by atoms with Crippen LogP contribution in [0.3, 0.4) is 0 Å². The minimum absolute atomic E-state index is 0.0928. The fourth-order valence-corrected chi connectivity index (χ4v) is 3.56. The normalized spacial score (nSPS) is 15.6. The van der Waals surface area contributed by atoms with E-state index in [9.17, 15) is 13.2 Å². The largest absolute Gasteiger partial charge is 0.419 e. The van der Waals surface area contributed by atoms with E-state index in [2.05, 4.69) is 25.3 Å². The highest BCUT2D eigenvalue weighted by Gasteiger charge is 2.37. The summed E-state index contributed by atoms with van der Waals surface area (Å²) in [4.78, 5) is 11.0. The molecule has 3 aromatic rings. The lowest BCUT2D eigenvalue weighted by atomic mass is 10.0. The average molecular weight is 421 g/mol. The molecule has 0 spiro atoms. The first-order valence-corrected chi connectivity index (χ1v) is 9.54. The van der Waals surface area contributed by atoms with Gasteiger partial charge in [-0.15, -0.1) is 0 Å². The van der Waals surface area contributed by atoms with Crippen molar-refractivity contribution in [2.24, 2.45) is 7.05 Å². The highest BCUT2D eigenvalue weighted by molar-refractivity contribution is 5.93. The maximum absolute atomic E-state index is 13.6. The Morgan fingerprint density at radius 1 is 1.23 bits per heavy atom. The molecule has 4 rings (SSSR count). The zero-order valence-corrected chi connectivity index (χ0v) is 16.4. The molecule has 0 radical (unpaired) electrons. The molecule has 1 saturated heterocycles. The Labute approximate surface area is 170 Å². The number of nitrogens with zero attached hydrogens (tertiary/aromatic N) is 5. The predicted octanol–water partition coefficient (Wildman–Crippen LogP) is 2.38. The van der Waals surface area contributed by atoms with Gasteiger partial charge in [-0.3, -0.25) is 4.90 Å². The predicted molar refractivity (Wildman–Crippen MR) is 107 cm³/mol. The van der Waals surface area contributed by atoms with Gasteiger partial charge in [0.25, 0.3) is 0 Å². The average Bonchev–Trinajstić information content (AvgIpc) is 3.04. The molecule has 2 aromatic heterocycles. The fourth-order valence-electron chi connectivity index (χ4n) is 3.56. The van der Waals surface area contributed by atoms with Crippen molar-refractivity contribution < 1.29 is 17.9 Å². The van der Waals surface area contributed by atoms with Gasteiger partial charge in [0.15, 0.2) is 5.65 Å². The molecule has 1 aromatic carbocycles. The molecule has 0 saturated carbocycles. The molecule has 0 atom stereocenters. The number of alkyl halides is 3. The summed E-state index contributed by atoms with van der Waals surface area (Å²) >= 11 is 0. The Bertz CT molecular complexity index is 1040. The van der Waals surface area contributed by atoms with Gasteiger partial charge in [0.05, 0.1) is 24.2 Å². The fraction of sp³-hybridized carbons (Fsp3) is 0.421. The van der Waals surface area contributed by atoms with Crippen LogP contribution >= 0.6 is 0 Å². The van der Waals surface area contributed by atoms with Crippen LogP contribution in [0, 0.1) is 0 Å². The molecule has 0 unspecified atom stereocenters. The van der Waals surface area contributed by atoms with Gasteiger partial charge in [0.1, 0.15) is 5.69 Å². The van der Waals surface area contributed by atoms with Crippen LogP contribution in [-0.2, 0) is 18.0 Å². The van der Waals surface area contributed by atoms with Crippen LogP contribution in [0.15, 0.2) is 24.4 Å². The molecular formula is C19H22F3N7O. The number of hydrogen-bond acceptors (Lipinski definition) is 7. The summed E-state index contributed by atoms with van der Waals surface area (Å²) in [5.41, 5.74) is 4.86. The second-order valence-corrected chi connectivity index (χ2v) is 7.05. The maximum atomic E-state index is 13.6. The number of rotatable bonds is 5. The molecule has 1 fully saturated rings. The molecule has 11 heteroatoms. The van der Waals surface area contributed by atoms with Crippen molar-refractivity contribution in [3.63, 3.8) is 0 Å². The molecular weight excluding hydrogens is 399 g/mol. The number of ether oxygens (including phenoxy) is 1. The molecule has 1 aliphatic heterocycles. The lowest BCUT2D eigenvalue weighted by Gasteiger charge is -2.26. The zero-order chi connectivity index (χ0) is 21.3. The van der Waals surface area contributed by atoms with E-state index in [-0.39, 0.29) is 16.9 Å². The van der Waals surface area contributed by atoms with Gasteiger partial charge in [-0.05, 0) is 6.07 Å². The van der Waals surface area contributed by atoms with E-state index in [4.69, 9.17) is 10.5 Å². The van der Waals surface area contributed by atoms with Crippen LogP contribution in [-0.4, -0.2) is 64.0 Å². The van der Waals surface area contributed by atoms with Crippen molar-refractivity contribution in [1.29, 1.82) is 0 Å². The summed E-state index contributed by atoms with van der Waals surface area (Å²) in [6.45, 7) is 4.68. The zero-order valence-electron chi connectivity index (χ0n) is 16.4. The first-order valence-electron chi connectivity index (χ1n) is 9.54. The summed E-state index contributed by atoms with van der Waals surface area (Å²) in [5.74, 6) is 0.397. The number of hydrogen-bond donors (Lipinski definition) is 2. The third-order valence-corrected chi connectivity index (χ3v) is 5.03. The minimum atomic E-state index is -4.60.